The molecule has 0 bridgehead atoms. The second kappa shape index (κ2) is 10.6. The zero-order valence-electron chi connectivity index (χ0n) is 18.8. The summed E-state index contributed by atoms with van der Waals surface area (Å²) in [6.07, 6.45) is 6.90. The third kappa shape index (κ3) is 4.76. The maximum absolute atomic E-state index is 13.2. The second-order valence-corrected chi connectivity index (χ2v) is 9.44. The Balaban J connectivity index is 0.00000259. The highest BCUT2D eigenvalue weighted by Gasteiger charge is 2.39. The number of carbonyl (C=O) groups is 1. The number of thioether (sulfide) groups is 1. The van der Waals surface area contributed by atoms with Crippen LogP contribution in [-0.2, 0) is 4.79 Å². The van der Waals surface area contributed by atoms with E-state index in [-0.39, 0.29) is 29.7 Å². The quantitative estimate of drug-likeness (QED) is 0.363. The zero-order chi connectivity index (χ0) is 21.9. The van der Waals surface area contributed by atoms with Crippen molar-refractivity contribution in [1.29, 1.82) is 0 Å². The number of para-hydroxylation sites is 1. The average Bonchev–Trinajstić information content (AvgIpc) is 3.39. The summed E-state index contributed by atoms with van der Waals surface area (Å²) in [7, 11) is 0. The van der Waals surface area contributed by atoms with Gasteiger partial charge in [0.05, 0.1) is 17.3 Å². The molecule has 174 valence electrons. The van der Waals surface area contributed by atoms with Gasteiger partial charge in [0.25, 0.3) is 0 Å². The normalized spacial score (nSPS) is 21.4. The first kappa shape index (κ1) is 23.7. The zero-order valence-corrected chi connectivity index (χ0v) is 20.4. The van der Waals surface area contributed by atoms with Crippen LogP contribution in [0.25, 0.3) is 5.70 Å². The third-order valence-corrected chi connectivity index (χ3v) is 7.38. The fraction of sp³-hybridized carbons (Fsp3) is 0.360. The molecule has 0 aliphatic carbocycles. The van der Waals surface area contributed by atoms with Gasteiger partial charge < -0.3 is 10.2 Å². The second-order valence-electron chi connectivity index (χ2n) is 8.34. The van der Waals surface area contributed by atoms with Crippen molar-refractivity contribution < 1.29 is 4.79 Å². The number of halogens is 1. The molecule has 2 aromatic rings. The van der Waals surface area contributed by atoms with Crippen LogP contribution < -0.4 is 10.2 Å². The van der Waals surface area contributed by atoms with E-state index in [0.29, 0.717) is 6.54 Å². The molecule has 2 unspecified atom stereocenters. The van der Waals surface area contributed by atoms with Crippen molar-refractivity contribution in [3.63, 3.8) is 0 Å². The van der Waals surface area contributed by atoms with E-state index in [4.69, 9.17) is 5.10 Å². The lowest BCUT2D eigenvalue weighted by Gasteiger charge is -2.28. The molecule has 8 heteroatoms. The topological polar surface area (TPSA) is 51.2 Å². The Morgan fingerprint density at radius 1 is 1.21 bits per heavy atom. The van der Waals surface area contributed by atoms with Crippen molar-refractivity contribution in [3.8, 4) is 0 Å². The van der Waals surface area contributed by atoms with Crippen molar-refractivity contribution in [2.75, 3.05) is 24.5 Å². The number of piperidine rings is 1. The van der Waals surface area contributed by atoms with Gasteiger partial charge >= 0.3 is 0 Å². The largest absolute Gasteiger partial charge is 0.316 e. The molecule has 2 aromatic carbocycles. The smallest absolute Gasteiger partial charge is 0.247 e. The lowest BCUT2D eigenvalue weighted by Crippen LogP contribution is -2.42. The van der Waals surface area contributed by atoms with Crippen LogP contribution in [0.2, 0.25) is 0 Å². The van der Waals surface area contributed by atoms with Gasteiger partial charge in [-0.25, -0.2) is 5.01 Å². The first-order chi connectivity index (χ1) is 15.8. The molecule has 1 fully saturated rings. The summed E-state index contributed by atoms with van der Waals surface area (Å²) in [5, 5.41) is 9.77. The van der Waals surface area contributed by atoms with E-state index < -0.39 is 0 Å². The number of nitrogens with one attached hydrogen (secondary N) is 1. The molecule has 2 atom stereocenters. The molecule has 1 amide bonds. The number of amides is 1. The van der Waals surface area contributed by atoms with E-state index in [9.17, 15) is 4.79 Å². The summed E-state index contributed by atoms with van der Waals surface area (Å²) in [5.41, 5.74) is 3.49. The Hall–Kier alpha value is -2.48. The number of hydrogen-bond donors (Lipinski definition) is 1. The van der Waals surface area contributed by atoms with Crippen LogP contribution in [0.1, 0.15) is 31.7 Å². The highest BCUT2D eigenvalue weighted by atomic mass is 35.5. The fourth-order valence-electron chi connectivity index (χ4n) is 4.48. The minimum Gasteiger partial charge on any atom is -0.316 e. The minimum absolute atomic E-state index is 0. The number of benzene rings is 2. The third-order valence-electron chi connectivity index (χ3n) is 6.11. The molecule has 0 saturated carbocycles. The average molecular weight is 484 g/mol. The summed E-state index contributed by atoms with van der Waals surface area (Å²) in [4.78, 5) is 18.9. The van der Waals surface area contributed by atoms with Crippen LogP contribution in [0, 0.1) is 5.92 Å². The SMILES string of the molecule is CCCN(N=CN1C(c2ccccc2)=CN2c3ccccc3SC12)C(=O)C1CCCNC1.Cl. The Morgan fingerprint density at radius 3 is 2.76 bits per heavy atom. The molecule has 1 saturated heterocycles. The number of fused-ring (bicyclic) bond motifs is 3. The van der Waals surface area contributed by atoms with Crippen molar-refractivity contribution in [3.05, 3.63) is 66.4 Å². The molecule has 3 aliphatic rings. The highest BCUT2D eigenvalue weighted by molar-refractivity contribution is 8.00. The molecule has 33 heavy (non-hydrogen) atoms. The van der Waals surface area contributed by atoms with Gasteiger partial charge in [0.2, 0.25) is 5.91 Å². The molecule has 0 aromatic heterocycles. The maximum atomic E-state index is 13.2. The molecule has 1 N–H and O–H groups in total. The van der Waals surface area contributed by atoms with E-state index in [1.54, 1.807) is 5.01 Å². The van der Waals surface area contributed by atoms with E-state index in [2.05, 4.69) is 76.8 Å². The summed E-state index contributed by atoms with van der Waals surface area (Å²) in [5.74, 6) is 0.135. The van der Waals surface area contributed by atoms with Crippen LogP contribution >= 0.6 is 24.2 Å². The van der Waals surface area contributed by atoms with Gasteiger partial charge in [-0.1, -0.05) is 61.2 Å². The lowest BCUT2D eigenvalue weighted by atomic mass is 9.98. The summed E-state index contributed by atoms with van der Waals surface area (Å²) < 4.78 is 0. The fourth-order valence-corrected chi connectivity index (χ4v) is 5.73. The van der Waals surface area contributed by atoms with Gasteiger partial charge in [0, 0.05) is 24.2 Å². The molecule has 6 nitrogen and oxygen atoms in total. The Kier molecular flexibility index (Phi) is 7.63. The standard InChI is InChI=1S/C25H29N5OS.ClH/c1-2-15-30(24(31)20-11-8-14-26-16-20)27-18-29-22(19-9-4-3-5-10-19)17-28-21-12-6-7-13-23(21)32-25(28)29;/h3-7,9-10,12-13,17-18,20,25-26H,2,8,11,14-16H2,1H3;1H. The number of hydrogen-bond acceptors (Lipinski definition) is 5. The summed E-state index contributed by atoms with van der Waals surface area (Å²) >= 11 is 1.81. The number of anilines is 1. The Bertz CT molecular complexity index is 1020. The van der Waals surface area contributed by atoms with Crippen LogP contribution in [0.15, 0.2) is 70.8 Å². The van der Waals surface area contributed by atoms with Crippen LogP contribution in [-0.4, -0.2) is 47.3 Å². The van der Waals surface area contributed by atoms with Crippen LogP contribution in [0.5, 0.6) is 0 Å². The lowest BCUT2D eigenvalue weighted by molar-refractivity contribution is -0.136. The first-order valence-corrected chi connectivity index (χ1v) is 12.3. The van der Waals surface area contributed by atoms with Crippen molar-refractivity contribution in [2.24, 2.45) is 11.0 Å². The van der Waals surface area contributed by atoms with Crippen LogP contribution in [0.3, 0.4) is 0 Å². The van der Waals surface area contributed by atoms with E-state index in [1.165, 1.54) is 10.6 Å². The molecule has 0 radical (unpaired) electrons. The van der Waals surface area contributed by atoms with E-state index in [0.717, 1.165) is 43.6 Å². The van der Waals surface area contributed by atoms with Crippen molar-refractivity contribution in [1.82, 2.24) is 15.2 Å². The molecular formula is C25H30ClN5OS. The van der Waals surface area contributed by atoms with Crippen LogP contribution in [0.4, 0.5) is 5.69 Å². The number of carbonyl (C=O) groups excluding carboxylic acids is 1. The Labute approximate surface area is 206 Å². The predicted octanol–water partition coefficient (Wildman–Crippen LogP) is 4.80. The van der Waals surface area contributed by atoms with Crippen molar-refractivity contribution >= 4 is 47.8 Å². The summed E-state index contributed by atoms with van der Waals surface area (Å²) in [6, 6.07) is 18.9. The van der Waals surface area contributed by atoms with Gasteiger partial charge in [0.1, 0.15) is 6.34 Å². The monoisotopic (exact) mass is 483 g/mol. The minimum atomic E-state index is 0. The van der Waals surface area contributed by atoms with Gasteiger partial charge in [0.15, 0.2) is 5.50 Å². The van der Waals surface area contributed by atoms with Crippen molar-refractivity contribution in [2.45, 2.75) is 36.6 Å². The number of nitrogens with zero attached hydrogens (tertiary/aromatic N) is 4. The molecule has 5 rings (SSSR count). The number of rotatable bonds is 6. The first-order valence-electron chi connectivity index (χ1n) is 11.4. The molecule has 0 spiro atoms. The van der Waals surface area contributed by atoms with E-state index in [1.807, 2.05) is 24.2 Å². The molecule has 3 aliphatic heterocycles. The molecular weight excluding hydrogens is 454 g/mol. The summed E-state index contributed by atoms with van der Waals surface area (Å²) in [6.45, 7) is 4.46. The number of hydrazone groups is 1. The maximum Gasteiger partial charge on any atom is 0.247 e. The van der Waals surface area contributed by atoms with E-state index >= 15 is 0 Å². The van der Waals surface area contributed by atoms with Gasteiger partial charge in [-0.3, -0.25) is 9.69 Å². The predicted molar refractivity (Wildman–Crippen MR) is 138 cm³/mol. The molecule has 3 heterocycles. The Morgan fingerprint density at radius 2 is 2.00 bits per heavy atom. The highest BCUT2D eigenvalue weighted by Crippen LogP contribution is 2.49. The van der Waals surface area contributed by atoms with Gasteiger partial charge in [-0.15, -0.1) is 12.4 Å². The van der Waals surface area contributed by atoms with Gasteiger partial charge in [-0.05, 0) is 43.5 Å². The van der Waals surface area contributed by atoms with Gasteiger partial charge in [-0.2, -0.15) is 5.10 Å².